The number of nitrogens with zero attached hydrogens (tertiary/aromatic N) is 2. The van der Waals surface area contributed by atoms with Crippen molar-refractivity contribution in [3.63, 3.8) is 0 Å². The third-order valence-electron chi connectivity index (χ3n) is 4.96. The van der Waals surface area contributed by atoms with Crippen LogP contribution in [0.5, 0.6) is 0 Å². The molecule has 8 heteroatoms. The highest BCUT2D eigenvalue weighted by molar-refractivity contribution is 5.81. The average molecular weight is 389 g/mol. The van der Waals surface area contributed by atoms with Gasteiger partial charge in [0.1, 0.15) is 11.6 Å². The first kappa shape index (κ1) is 19.9. The van der Waals surface area contributed by atoms with Crippen LogP contribution < -0.4 is 11.1 Å². The van der Waals surface area contributed by atoms with Crippen LogP contribution in [0.4, 0.5) is 14.6 Å². The molecule has 1 aliphatic heterocycles. The van der Waals surface area contributed by atoms with Gasteiger partial charge in [0.05, 0.1) is 12.5 Å². The molecule has 0 bridgehead atoms. The van der Waals surface area contributed by atoms with E-state index in [9.17, 15) is 18.5 Å². The van der Waals surface area contributed by atoms with Crippen molar-refractivity contribution in [1.29, 1.82) is 0 Å². The Kier molecular flexibility index (Phi) is 5.67. The molecular weight excluding hydrogens is 366 g/mol. The second kappa shape index (κ2) is 8.00. The molecule has 1 aliphatic rings. The number of carbonyl (C=O) groups excluding carboxylic acids is 1. The van der Waals surface area contributed by atoms with Crippen molar-refractivity contribution in [2.75, 3.05) is 12.3 Å². The van der Waals surface area contributed by atoms with Gasteiger partial charge in [-0.1, -0.05) is 32.0 Å². The molecule has 3 rings (SSSR count). The van der Waals surface area contributed by atoms with Crippen LogP contribution in [-0.2, 0) is 4.79 Å². The number of nitrogens with two attached hydrogens (primary N) is 1. The predicted octanol–water partition coefficient (Wildman–Crippen LogP) is 3.02. The summed E-state index contributed by atoms with van der Waals surface area (Å²) in [6.45, 7) is 3.43. The van der Waals surface area contributed by atoms with Crippen LogP contribution in [0.3, 0.4) is 0 Å². The zero-order valence-electron chi connectivity index (χ0n) is 15.7. The van der Waals surface area contributed by atoms with Crippen LogP contribution in [0.2, 0.25) is 0 Å². The minimum Gasteiger partial charge on any atom is -0.383 e. The number of amides is 1. The van der Waals surface area contributed by atoms with Gasteiger partial charge in [-0.25, -0.2) is 13.8 Å². The van der Waals surface area contributed by atoms with Crippen molar-refractivity contribution in [1.82, 2.24) is 10.3 Å². The Morgan fingerprint density at radius 2 is 2.07 bits per heavy atom. The van der Waals surface area contributed by atoms with Crippen LogP contribution >= 0.6 is 0 Å². The molecule has 0 spiro atoms. The SMILES string of the molecule is CC(C)c1ccc([C@@H](NC(=O)[C@@H]2C[C@@H](F)C[N+]2=O)c2cccnc2N)cc1F. The molecule has 1 aromatic heterocycles. The Morgan fingerprint density at radius 3 is 2.64 bits per heavy atom. The molecule has 1 aromatic carbocycles. The molecule has 0 radical (unpaired) electrons. The third-order valence-corrected chi connectivity index (χ3v) is 4.96. The first-order valence-electron chi connectivity index (χ1n) is 9.16. The fourth-order valence-electron chi connectivity index (χ4n) is 3.44. The van der Waals surface area contributed by atoms with Crippen molar-refractivity contribution < 1.29 is 18.3 Å². The Labute approximate surface area is 161 Å². The van der Waals surface area contributed by atoms with Crippen LogP contribution in [0.15, 0.2) is 36.5 Å². The van der Waals surface area contributed by atoms with E-state index in [1.54, 1.807) is 24.3 Å². The lowest BCUT2D eigenvalue weighted by Crippen LogP contribution is -2.40. The monoisotopic (exact) mass is 389 g/mol. The molecular formula is C20H23F2N4O2+. The number of alkyl halides is 1. The number of nitroso groups, excluding NO2 is 1. The van der Waals surface area contributed by atoms with Crippen molar-refractivity contribution in [2.45, 2.75) is 44.4 Å². The highest BCUT2D eigenvalue weighted by Crippen LogP contribution is 2.29. The molecule has 3 atom stereocenters. The molecule has 0 saturated carbocycles. The zero-order chi connectivity index (χ0) is 20.4. The lowest BCUT2D eigenvalue weighted by atomic mass is 9.94. The largest absolute Gasteiger partial charge is 0.383 e. The Morgan fingerprint density at radius 1 is 1.32 bits per heavy atom. The van der Waals surface area contributed by atoms with Gasteiger partial charge in [0, 0.05) is 21.4 Å². The smallest absolute Gasteiger partial charge is 0.294 e. The standard InChI is InChI=1S/C20H22F2N4O2/c1-11(2)14-6-5-12(8-16(14)22)18(15-4-3-7-24-19(15)23)25-20(27)17-9-13(21)10-26(17)28/h3-8,11,13,17-18H,9-10H2,1-2H3,(H2-,23,24,25,27)/p+1/t13-,17+,18-/m1/s1. The molecule has 0 aliphatic carbocycles. The van der Waals surface area contributed by atoms with Crippen LogP contribution in [0.25, 0.3) is 0 Å². The number of pyridine rings is 1. The van der Waals surface area contributed by atoms with E-state index in [4.69, 9.17) is 5.73 Å². The van der Waals surface area contributed by atoms with Gasteiger partial charge >= 0.3 is 0 Å². The fraction of sp³-hybridized carbons (Fsp3) is 0.400. The van der Waals surface area contributed by atoms with Gasteiger partial charge in [0.2, 0.25) is 6.54 Å². The number of aromatic nitrogens is 1. The number of halogens is 2. The molecule has 148 valence electrons. The van der Waals surface area contributed by atoms with E-state index in [1.807, 2.05) is 13.8 Å². The number of anilines is 1. The van der Waals surface area contributed by atoms with E-state index in [2.05, 4.69) is 10.3 Å². The number of carbonyl (C=O) groups is 1. The molecule has 1 amide bonds. The first-order chi connectivity index (χ1) is 13.3. The van der Waals surface area contributed by atoms with Crippen LogP contribution in [0, 0.1) is 10.7 Å². The van der Waals surface area contributed by atoms with Crippen molar-refractivity contribution in [2.24, 2.45) is 0 Å². The summed E-state index contributed by atoms with van der Waals surface area (Å²) in [4.78, 5) is 28.5. The van der Waals surface area contributed by atoms with Crippen molar-refractivity contribution in [3.8, 4) is 0 Å². The average Bonchev–Trinajstić information content (AvgIpc) is 2.98. The minimum absolute atomic E-state index is 0.000416. The number of rotatable bonds is 5. The van der Waals surface area contributed by atoms with E-state index >= 15 is 0 Å². The number of benzene rings is 1. The second-order valence-corrected chi connectivity index (χ2v) is 7.30. The highest BCUT2D eigenvalue weighted by Gasteiger charge is 2.45. The molecule has 28 heavy (non-hydrogen) atoms. The Balaban J connectivity index is 1.97. The zero-order valence-corrected chi connectivity index (χ0v) is 15.7. The maximum Gasteiger partial charge on any atom is 0.294 e. The minimum atomic E-state index is -1.35. The molecule has 2 aromatic rings. The van der Waals surface area contributed by atoms with E-state index in [-0.39, 0.29) is 24.7 Å². The number of hydrogen-bond acceptors (Lipinski definition) is 4. The van der Waals surface area contributed by atoms with Gasteiger partial charge in [0.25, 0.3) is 11.9 Å². The summed E-state index contributed by atoms with van der Waals surface area (Å²) in [6, 6.07) is 6.08. The van der Waals surface area contributed by atoms with Gasteiger partial charge in [-0.2, -0.15) is 0 Å². The number of nitrogen functional groups attached to an aromatic ring is 1. The van der Waals surface area contributed by atoms with Crippen LogP contribution in [-0.4, -0.2) is 34.4 Å². The van der Waals surface area contributed by atoms with Crippen LogP contribution in [0.1, 0.15) is 48.9 Å². The molecule has 6 nitrogen and oxygen atoms in total. The van der Waals surface area contributed by atoms with Gasteiger partial charge in [-0.15, -0.1) is 0 Å². The summed E-state index contributed by atoms with van der Waals surface area (Å²) >= 11 is 0. The molecule has 3 N–H and O–H groups in total. The Hall–Kier alpha value is -2.90. The molecule has 1 fully saturated rings. The first-order valence-corrected chi connectivity index (χ1v) is 9.16. The van der Waals surface area contributed by atoms with Gasteiger partial charge in [0.15, 0.2) is 6.17 Å². The Bertz CT molecular complexity index is 904. The number of hydrogen-bond donors (Lipinski definition) is 2. The molecule has 2 heterocycles. The third kappa shape index (κ3) is 4.00. The van der Waals surface area contributed by atoms with Crippen molar-refractivity contribution >= 4 is 11.7 Å². The second-order valence-electron chi connectivity index (χ2n) is 7.30. The summed E-state index contributed by atoms with van der Waals surface area (Å²) in [6.07, 6.45) is -0.0203. The van der Waals surface area contributed by atoms with E-state index in [0.29, 0.717) is 21.5 Å². The highest BCUT2D eigenvalue weighted by atomic mass is 19.1. The quantitative estimate of drug-likeness (QED) is 0.770. The molecule has 1 saturated heterocycles. The van der Waals surface area contributed by atoms with E-state index in [1.165, 1.54) is 12.3 Å². The summed E-state index contributed by atoms with van der Waals surface area (Å²) in [5.41, 5.74) is 7.45. The van der Waals surface area contributed by atoms with Gasteiger partial charge < -0.3 is 11.1 Å². The predicted molar refractivity (Wildman–Crippen MR) is 101 cm³/mol. The van der Waals surface area contributed by atoms with Gasteiger partial charge in [-0.05, 0) is 29.2 Å². The maximum absolute atomic E-state index is 14.6. The lowest BCUT2D eigenvalue weighted by molar-refractivity contribution is -0.553. The summed E-state index contributed by atoms with van der Waals surface area (Å²) in [7, 11) is 0. The lowest BCUT2D eigenvalue weighted by Gasteiger charge is -2.22. The fourth-order valence-corrected chi connectivity index (χ4v) is 3.44. The summed E-state index contributed by atoms with van der Waals surface area (Å²) in [5, 5.41) is 2.73. The summed E-state index contributed by atoms with van der Waals surface area (Å²) in [5.74, 6) is -0.851. The molecule has 0 unspecified atom stereocenters. The van der Waals surface area contributed by atoms with Gasteiger partial charge in [-0.3, -0.25) is 4.79 Å². The maximum atomic E-state index is 14.6. The van der Waals surface area contributed by atoms with E-state index in [0.717, 1.165) is 0 Å². The van der Waals surface area contributed by atoms with E-state index < -0.39 is 30.0 Å². The normalized spacial score (nSPS) is 20.4. The number of nitrogens with one attached hydrogen (secondary N) is 1. The summed E-state index contributed by atoms with van der Waals surface area (Å²) < 4.78 is 28.5. The van der Waals surface area contributed by atoms with Crippen molar-refractivity contribution in [3.05, 3.63) is 63.9 Å². The topological polar surface area (TPSA) is 88.1 Å².